The van der Waals surface area contributed by atoms with Crippen LogP contribution < -0.4 is 0 Å². The highest BCUT2D eigenvalue weighted by molar-refractivity contribution is 5.70. The van der Waals surface area contributed by atoms with Crippen LogP contribution in [0.2, 0.25) is 0 Å². The molecule has 0 aromatic rings. The Bertz CT molecular complexity index is 873. The molecule has 0 bridgehead atoms. The third-order valence-electron chi connectivity index (χ3n) is 9.64. The Morgan fingerprint density at radius 1 is 0.462 bits per heavy atom. The van der Waals surface area contributed by atoms with Crippen LogP contribution in [0.15, 0.2) is 48.6 Å². The summed E-state index contributed by atoms with van der Waals surface area (Å²) in [6, 6.07) is 0. The van der Waals surface area contributed by atoms with Gasteiger partial charge in [-0.2, -0.15) is 0 Å². The van der Waals surface area contributed by atoms with Gasteiger partial charge in [-0.25, -0.2) is 0 Å². The van der Waals surface area contributed by atoms with E-state index in [4.69, 9.17) is 9.47 Å². The van der Waals surface area contributed by atoms with E-state index in [0.717, 1.165) is 77.0 Å². The second-order valence-electron chi connectivity index (χ2n) is 14.8. The highest BCUT2D eigenvalue weighted by Crippen LogP contribution is 2.16. The maximum Gasteiger partial charge on any atom is 0.306 e. The lowest BCUT2D eigenvalue weighted by atomic mass is 10.0. The van der Waals surface area contributed by atoms with E-state index in [9.17, 15) is 14.7 Å². The number of rotatable bonds is 40. The van der Waals surface area contributed by atoms with E-state index in [2.05, 4.69) is 62.5 Å². The lowest BCUT2D eigenvalue weighted by Gasteiger charge is -2.15. The van der Waals surface area contributed by atoms with Crippen LogP contribution in [-0.4, -0.2) is 36.4 Å². The van der Waals surface area contributed by atoms with Gasteiger partial charge < -0.3 is 14.6 Å². The quantitative estimate of drug-likeness (QED) is 0.0386. The van der Waals surface area contributed by atoms with Crippen molar-refractivity contribution in [3.8, 4) is 0 Å². The molecule has 5 nitrogen and oxygen atoms in total. The van der Waals surface area contributed by atoms with Gasteiger partial charge in [0.15, 0.2) is 6.10 Å². The zero-order valence-corrected chi connectivity index (χ0v) is 34.3. The summed E-state index contributed by atoms with van der Waals surface area (Å²) in [5.41, 5.74) is 0. The fourth-order valence-electron chi connectivity index (χ4n) is 6.31. The third-order valence-corrected chi connectivity index (χ3v) is 9.64. The topological polar surface area (TPSA) is 72.8 Å². The molecule has 0 heterocycles. The number of ether oxygens (including phenoxy) is 2. The van der Waals surface area contributed by atoms with Crippen LogP contribution in [0.4, 0.5) is 0 Å². The van der Waals surface area contributed by atoms with Gasteiger partial charge >= 0.3 is 11.9 Å². The number of hydrogen-bond acceptors (Lipinski definition) is 5. The largest absolute Gasteiger partial charge is 0.462 e. The van der Waals surface area contributed by atoms with Crippen LogP contribution in [0.25, 0.3) is 0 Å². The molecule has 0 aromatic carbocycles. The molecule has 0 saturated heterocycles. The minimum atomic E-state index is -0.780. The van der Waals surface area contributed by atoms with E-state index in [1.165, 1.54) is 116 Å². The SMILES string of the molecule is CC/C=C\C/C=C\C/C=C\C/C=C\CCCCCCC(=O)OC[C@H](CO)OC(=O)CCCCCCCCCCCCCCCCCCCCCCC. The van der Waals surface area contributed by atoms with Crippen molar-refractivity contribution >= 4 is 11.9 Å². The number of carbonyl (C=O) groups excluding carboxylic acids is 2. The Balaban J connectivity index is 3.54. The maximum absolute atomic E-state index is 12.2. The molecule has 1 N–H and O–H groups in total. The standard InChI is InChI=1S/C47H84O5/c1-3-5-7-9-11-13-15-17-19-21-22-23-24-26-28-30-32-34-36-38-40-42-47(50)52-45(43-48)44-51-46(49)41-39-37-35-33-31-29-27-25-20-18-16-14-12-10-8-6-4-2/h6,8,12,14,18,20,27,29,45,48H,3-5,7,9-11,13,15-17,19,21-26,28,30-44H2,1-2H3/b8-6-,14-12-,20-18-,29-27-/t45-/m0/s1. The summed E-state index contributed by atoms with van der Waals surface area (Å²) < 4.78 is 10.6. The van der Waals surface area contributed by atoms with Crippen molar-refractivity contribution in [3.05, 3.63) is 48.6 Å². The summed E-state index contributed by atoms with van der Waals surface area (Å²) in [6.45, 7) is 4.02. The molecular weight excluding hydrogens is 645 g/mol. The van der Waals surface area contributed by atoms with Crippen molar-refractivity contribution in [3.63, 3.8) is 0 Å². The highest BCUT2D eigenvalue weighted by atomic mass is 16.6. The fraction of sp³-hybridized carbons (Fsp3) is 0.787. The molecule has 0 radical (unpaired) electrons. The van der Waals surface area contributed by atoms with Crippen LogP contribution >= 0.6 is 0 Å². The molecule has 5 heteroatoms. The van der Waals surface area contributed by atoms with Gasteiger partial charge in [-0.15, -0.1) is 0 Å². The summed E-state index contributed by atoms with van der Waals surface area (Å²) in [5.74, 6) is -0.612. The Kier molecular flexibility index (Phi) is 41.5. The number of aliphatic hydroxyl groups is 1. The predicted octanol–water partition coefficient (Wildman–Crippen LogP) is 14.2. The van der Waals surface area contributed by atoms with Crippen molar-refractivity contribution in [1.29, 1.82) is 0 Å². The number of carbonyl (C=O) groups is 2. The Labute approximate surface area is 322 Å². The first-order valence-corrected chi connectivity index (χ1v) is 22.2. The van der Waals surface area contributed by atoms with Crippen LogP contribution in [0, 0.1) is 0 Å². The number of unbranched alkanes of at least 4 members (excludes halogenated alkanes) is 24. The molecule has 1 atom stereocenters. The minimum absolute atomic E-state index is 0.0772. The lowest BCUT2D eigenvalue weighted by Crippen LogP contribution is -2.28. The van der Waals surface area contributed by atoms with Crippen LogP contribution in [0.5, 0.6) is 0 Å². The fourth-order valence-corrected chi connectivity index (χ4v) is 6.31. The van der Waals surface area contributed by atoms with Gasteiger partial charge in [0.25, 0.3) is 0 Å². The van der Waals surface area contributed by atoms with Gasteiger partial charge in [0.1, 0.15) is 6.61 Å². The smallest absolute Gasteiger partial charge is 0.306 e. The van der Waals surface area contributed by atoms with Crippen molar-refractivity contribution in [2.75, 3.05) is 13.2 Å². The van der Waals surface area contributed by atoms with Crippen LogP contribution in [0.1, 0.15) is 219 Å². The summed E-state index contributed by atoms with van der Waals surface area (Å²) in [4.78, 5) is 24.3. The molecule has 0 unspecified atom stereocenters. The summed E-state index contributed by atoms with van der Waals surface area (Å²) in [6.07, 6.45) is 54.7. The van der Waals surface area contributed by atoms with Gasteiger partial charge in [0.05, 0.1) is 6.61 Å². The summed E-state index contributed by atoms with van der Waals surface area (Å²) >= 11 is 0. The Morgan fingerprint density at radius 2 is 0.827 bits per heavy atom. The van der Waals surface area contributed by atoms with E-state index in [0.29, 0.717) is 12.8 Å². The maximum atomic E-state index is 12.2. The molecule has 0 aliphatic carbocycles. The molecule has 0 aromatic heterocycles. The van der Waals surface area contributed by atoms with E-state index in [1.54, 1.807) is 0 Å². The first-order valence-electron chi connectivity index (χ1n) is 22.2. The predicted molar refractivity (Wildman–Crippen MR) is 224 cm³/mol. The van der Waals surface area contributed by atoms with Gasteiger partial charge in [-0.05, 0) is 51.4 Å². The van der Waals surface area contributed by atoms with E-state index < -0.39 is 6.10 Å². The normalized spacial score (nSPS) is 12.6. The van der Waals surface area contributed by atoms with E-state index >= 15 is 0 Å². The lowest BCUT2D eigenvalue weighted by molar-refractivity contribution is -0.161. The zero-order valence-electron chi connectivity index (χ0n) is 34.3. The van der Waals surface area contributed by atoms with Crippen LogP contribution in [-0.2, 0) is 19.1 Å². The number of esters is 2. The van der Waals surface area contributed by atoms with Crippen molar-refractivity contribution in [1.82, 2.24) is 0 Å². The molecule has 0 fully saturated rings. The second-order valence-corrected chi connectivity index (χ2v) is 14.8. The van der Waals surface area contributed by atoms with Gasteiger partial charge in [0.2, 0.25) is 0 Å². The number of hydrogen-bond donors (Lipinski definition) is 1. The molecule has 0 rings (SSSR count). The molecule has 0 saturated carbocycles. The summed E-state index contributed by atoms with van der Waals surface area (Å²) in [5, 5.41) is 9.58. The first-order chi connectivity index (χ1) is 25.6. The zero-order chi connectivity index (χ0) is 37.8. The Morgan fingerprint density at radius 3 is 1.25 bits per heavy atom. The third kappa shape index (κ3) is 40.6. The van der Waals surface area contributed by atoms with E-state index in [-0.39, 0.29) is 25.2 Å². The molecule has 302 valence electrons. The molecule has 0 aliphatic heterocycles. The molecule has 0 aliphatic rings. The van der Waals surface area contributed by atoms with E-state index in [1.807, 2.05) is 0 Å². The van der Waals surface area contributed by atoms with Gasteiger partial charge in [-0.3, -0.25) is 9.59 Å². The molecule has 0 amide bonds. The second kappa shape index (κ2) is 43.3. The minimum Gasteiger partial charge on any atom is -0.462 e. The molecule has 0 spiro atoms. The first kappa shape index (κ1) is 49.9. The monoisotopic (exact) mass is 729 g/mol. The average molecular weight is 729 g/mol. The van der Waals surface area contributed by atoms with Crippen molar-refractivity contribution in [2.24, 2.45) is 0 Å². The number of aliphatic hydroxyl groups excluding tert-OH is 1. The molecular formula is C47H84O5. The van der Waals surface area contributed by atoms with Gasteiger partial charge in [-0.1, -0.05) is 204 Å². The molecule has 52 heavy (non-hydrogen) atoms. The highest BCUT2D eigenvalue weighted by Gasteiger charge is 2.16. The van der Waals surface area contributed by atoms with Crippen molar-refractivity contribution < 1.29 is 24.2 Å². The van der Waals surface area contributed by atoms with Crippen molar-refractivity contribution in [2.45, 2.75) is 225 Å². The number of allylic oxidation sites excluding steroid dienone is 8. The van der Waals surface area contributed by atoms with Crippen LogP contribution in [0.3, 0.4) is 0 Å². The summed E-state index contributed by atoms with van der Waals surface area (Å²) in [7, 11) is 0. The average Bonchev–Trinajstić information content (AvgIpc) is 3.15. The Hall–Kier alpha value is -2.14. The van der Waals surface area contributed by atoms with Gasteiger partial charge in [0, 0.05) is 12.8 Å².